The van der Waals surface area contributed by atoms with Gasteiger partial charge < -0.3 is 14.6 Å². The Morgan fingerprint density at radius 1 is 1.29 bits per heavy atom. The molecule has 2 heterocycles. The molecule has 2 aromatic carbocycles. The van der Waals surface area contributed by atoms with Crippen molar-refractivity contribution in [2.75, 3.05) is 16.8 Å². The van der Waals surface area contributed by atoms with Gasteiger partial charge in [-0.3, -0.25) is 9.59 Å². The number of nitrogens with one attached hydrogen (secondary N) is 1. The number of para-hydroxylation sites is 1. The molecule has 0 spiro atoms. The number of anilines is 2. The minimum atomic E-state index is -0.442. The minimum absolute atomic E-state index is 0.109. The van der Waals surface area contributed by atoms with Gasteiger partial charge in [-0.05, 0) is 30.3 Å². The van der Waals surface area contributed by atoms with Gasteiger partial charge in [0.05, 0.1) is 16.6 Å². The molecule has 144 valence electrons. The number of hydrogen-bond donors (Lipinski definition) is 1. The summed E-state index contributed by atoms with van der Waals surface area (Å²) >= 11 is 6.20. The van der Waals surface area contributed by atoms with Gasteiger partial charge in [0.15, 0.2) is 11.5 Å². The van der Waals surface area contributed by atoms with Gasteiger partial charge in [-0.2, -0.15) is 0 Å². The Balaban J connectivity index is 1.49. The number of nitrogens with zero attached hydrogens (tertiary/aromatic N) is 2. The van der Waals surface area contributed by atoms with Crippen LogP contribution < -0.4 is 10.2 Å². The Hall–Kier alpha value is -2.86. The maximum absolute atomic E-state index is 12.7. The van der Waals surface area contributed by atoms with E-state index in [4.69, 9.17) is 16.0 Å². The van der Waals surface area contributed by atoms with Gasteiger partial charge in [-0.15, -0.1) is 0 Å². The first kappa shape index (κ1) is 18.5. The van der Waals surface area contributed by atoms with E-state index in [9.17, 15) is 9.59 Å². The number of aromatic nitrogens is 1. The van der Waals surface area contributed by atoms with Crippen LogP contribution in [-0.4, -0.2) is 23.3 Å². The average molecular weight is 398 g/mol. The number of halogens is 1. The van der Waals surface area contributed by atoms with Crippen molar-refractivity contribution in [3.05, 3.63) is 53.4 Å². The van der Waals surface area contributed by atoms with Crippen molar-refractivity contribution < 1.29 is 14.0 Å². The normalized spacial score (nSPS) is 16.9. The zero-order valence-corrected chi connectivity index (χ0v) is 16.4. The maximum Gasteiger partial charge on any atom is 0.229 e. The fourth-order valence-corrected chi connectivity index (χ4v) is 3.54. The SMILES string of the molecule is CC(C)c1nc2cc(NC(=O)C3CC(=O)N(c4ccccc4Cl)C3)ccc2o1. The van der Waals surface area contributed by atoms with Crippen LogP contribution in [0.25, 0.3) is 11.1 Å². The Labute approximate surface area is 167 Å². The zero-order valence-electron chi connectivity index (χ0n) is 15.6. The van der Waals surface area contributed by atoms with E-state index in [0.29, 0.717) is 39.9 Å². The number of benzene rings is 2. The molecule has 0 aliphatic carbocycles. The molecule has 1 aliphatic heterocycles. The topological polar surface area (TPSA) is 75.4 Å². The quantitative estimate of drug-likeness (QED) is 0.698. The number of amides is 2. The lowest BCUT2D eigenvalue weighted by Crippen LogP contribution is -2.28. The third kappa shape index (κ3) is 3.47. The first-order chi connectivity index (χ1) is 13.4. The number of fused-ring (bicyclic) bond motifs is 1. The lowest BCUT2D eigenvalue weighted by molar-refractivity contribution is -0.122. The van der Waals surface area contributed by atoms with Crippen LogP contribution >= 0.6 is 11.6 Å². The summed E-state index contributed by atoms with van der Waals surface area (Å²) < 4.78 is 5.69. The van der Waals surface area contributed by atoms with Crippen molar-refractivity contribution >= 4 is 45.9 Å². The number of hydrogen-bond acceptors (Lipinski definition) is 4. The third-order valence-corrected chi connectivity index (χ3v) is 5.12. The van der Waals surface area contributed by atoms with Crippen LogP contribution in [-0.2, 0) is 9.59 Å². The van der Waals surface area contributed by atoms with Crippen molar-refractivity contribution in [2.45, 2.75) is 26.2 Å². The van der Waals surface area contributed by atoms with E-state index in [1.54, 1.807) is 41.3 Å². The predicted octanol–water partition coefficient (Wildman–Crippen LogP) is 4.60. The fraction of sp³-hybridized carbons (Fsp3) is 0.286. The second kappa shape index (κ2) is 7.28. The van der Waals surface area contributed by atoms with E-state index in [2.05, 4.69) is 10.3 Å². The molecule has 1 aromatic heterocycles. The van der Waals surface area contributed by atoms with Crippen LogP contribution in [0.4, 0.5) is 11.4 Å². The van der Waals surface area contributed by atoms with Gasteiger partial charge in [0.25, 0.3) is 0 Å². The van der Waals surface area contributed by atoms with Crippen LogP contribution in [0.2, 0.25) is 5.02 Å². The van der Waals surface area contributed by atoms with Gasteiger partial charge in [0, 0.05) is 24.6 Å². The molecule has 1 aliphatic rings. The molecule has 0 saturated carbocycles. The molecule has 3 aromatic rings. The molecule has 2 amide bonds. The molecule has 6 nitrogen and oxygen atoms in total. The summed E-state index contributed by atoms with van der Waals surface area (Å²) in [6.07, 6.45) is 0.154. The van der Waals surface area contributed by atoms with Gasteiger partial charge in [-0.1, -0.05) is 37.6 Å². The Morgan fingerprint density at radius 3 is 2.82 bits per heavy atom. The zero-order chi connectivity index (χ0) is 19.8. The minimum Gasteiger partial charge on any atom is -0.440 e. The summed E-state index contributed by atoms with van der Waals surface area (Å²) in [7, 11) is 0. The fourth-order valence-electron chi connectivity index (χ4n) is 3.30. The van der Waals surface area contributed by atoms with Crippen molar-refractivity contribution in [3.63, 3.8) is 0 Å². The summed E-state index contributed by atoms with van der Waals surface area (Å²) in [5.41, 5.74) is 2.64. The van der Waals surface area contributed by atoms with Crippen LogP contribution in [0.5, 0.6) is 0 Å². The molecule has 0 radical (unpaired) electrons. The Kier molecular flexibility index (Phi) is 4.81. The summed E-state index contributed by atoms with van der Waals surface area (Å²) in [5.74, 6) is 0.0978. The lowest BCUT2D eigenvalue weighted by Gasteiger charge is -2.18. The largest absolute Gasteiger partial charge is 0.440 e. The summed E-state index contributed by atoms with van der Waals surface area (Å²) in [5, 5.41) is 3.38. The standard InChI is InChI=1S/C21H20ClN3O3/c1-12(2)21-24-16-10-14(7-8-18(16)28-21)23-20(27)13-9-19(26)25(11-13)17-6-4-3-5-15(17)22/h3-8,10,12-13H,9,11H2,1-2H3,(H,23,27). The molecule has 1 N–H and O–H groups in total. The van der Waals surface area contributed by atoms with Crippen molar-refractivity contribution in [3.8, 4) is 0 Å². The highest BCUT2D eigenvalue weighted by atomic mass is 35.5. The average Bonchev–Trinajstić information content (AvgIpc) is 3.25. The molecule has 1 fully saturated rings. The molecule has 1 saturated heterocycles. The van der Waals surface area contributed by atoms with Gasteiger partial charge in [-0.25, -0.2) is 4.98 Å². The highest BCUT2D eigenvalue weighted by Crippen LogP contribution is 2.31. The molecule has 1 unspecified atom stereocenters. The number of oxazole rings is 1. The molecule has 28 heavy (non-hydrogen) atoms. The second-order valence-electron chi connectivity index (χ2n) is 7.24. The Morgan fingerprint density at radius 2 is 2.07 bits per heavy atom. The van der Waals surface area contributed by atoms with E-state index in [-0.39, 0.29) is 24.2 Å². The van der Waals surface area contributed by atoms with Gasteiger partial charge in [0.2, 0.25) is 11.8 Å². The van der Waals surface area contributed by atoms with E-state index in [1.165, 1.54) is 0 Å². The first-order valence-corrected chi connectivity index (χ1v) is 9.56. The second-order valence-corrected chi connectivity index (χ2v) is 7.64. The maximum atomic E-state index is 12.7. The van der Waals surface area contributed by atoms with Gasteiger partial charge >= 0.3 is 0 Å². The number of carbonyl (C=O) groups is 2. The van der Waals surface area contributed by atoms with Crippen molar-refractivity contribution in [1.82, 2.24) is 4.98 Å². The molecule has 1 atom stereocenters. The summed E-state index contributed by atoms with van der Waals surface area (Å²) in [4.78, 5) is 31.1. The highest BCUT2D eigenvalue weighted by molar-refractivity contribution is 6.33. The number of rotatable bonds is 4. The lowest BCUT2D eigenvalue weighted by atomic mass is 10.1. The Bertz CT molecular complexity index is 1060. The van der Waals surface area contributed by atoms with E-state index < -0.39 is 5.92 Å². The van der Waals surface area contributed by atoms with Crippen LogP contribution in [0.3, 0.4) is 0 Å². The van der Waals surface area contributed by atoms with E-state index in [1.807, 2.05) is 19.9 Å². The number of carbonyl (C=O) groups excluding carboxylic acids is 2. The predicted molar refractivity (Wildman–Crippen MR) is 109 cm³/mol. The van der Waals surface area contributed by atoms with E-state index in [0.717, 1.165) is 0 Å². The van der Waals surface area contributed by atoms with E-state index >= 15 is 0 Å². The van der Waals surface area contributed by atoms with Crippen LogP contribution in [0, 0.1) is 5.92 Å². The van der Waals surface area contributed by atoms with Crippen molar-refractivity contribution in [2.24, 2.45) is 5.92 Å². The molecular weight excluding hydrogens is 378 g/mol. The van der Waals surface area contributed by atoms with Crippen LogP contribution in [0.15, 0.2) is 46.9 Å². The monoisotopic (exact) mass is 397 g/mol. The summed E-state index contributed by atoms with van der Waals surface area (Å²) in [6.45, 7) is 4.32. The van der Waals surface area contributed by atoms with Crippen molar-refractivity contribution in [1.29, 1.82) is 0 Å². The third-order valence-electron chi connectivity index (χ3n) is 4.80. The molecule has 4 rings (SSSR count). The molecule has 7 heteroatoms. The summed E-state index contributed by atoms with van der Waals surface area (Å²) in [6, 6.07) is 12.5. The first-order valence-electron chi connectivity index (χ1n) is 9.18. The smallest absolute Gasteiger partial charge is 0.229 e. The molecular formula is C21H20ClN3O3. The van der Waals surface area contributed by atoms with Gasteiger partial charge in [0.1, 0.15) is 5.52 Å². The highest BCUT2D eigenvalue weighted by Gasteiger charge is 2.35. The van der Waals surface area contributed by atoms with Crippen LogP contribution in [0.1, 0.15) is 32.1 Å². The molecule has 0 bridgehead atoms.